The van der Waals surface area contributed by atoms with E-state index in [4.69, 9.17) is 23.2 Å². The van der Waals surface area contributed by atoms with Crippen molar-refractivity contribution in [2.45, 2.75) is 13.3 Å². The van der Waals surface area contributed by atoms with Gasteiger partial charge >= 0.3 is 0 Å². The first-order chi connectivity index (χ1) is 8.04. The first-order valence-electron chi connectivity index (χ1n) is 4.99. The number of H-pyrrole nitrogens is 1. The Morgan fingerprint density at radius 2 is 2.06 bits per heavy atom. The second kappa shape index (κ2) is 4.88. The van der Waals surface area contributed by atoms with Gasteiger partial charge in [0.25, 0.3) is 5.56 Å². The first kappa shape index (κ1) is 12.7. The fraction of sp³-hybridized carbons (Fsp3) is 0.182. The van der Waals surface area contributed by atoms with Crippen molar-refractivity contribution in [1.29, 1.82) is 0 Å². The van der Waals surface area contributed by atoms with Crippen molar-refractivity contribution in [3.8, 4) is 5.69 Å². The minimum atomic E-state index is -0.139. The van der Waals surface area contributed by atoms with E-state index in [1.165, 1.54) is 4.68 Å². The summed E-state index contributed by atoms with van der Waals surface area (Å²) in [6.45, 7) is 1.97. The third kappa shape index (κ3) is 2.30. The zero-order valence-electron chi connectivity index (χ0n) is 8.93. The SMILES string of the molecule is CCc1[nH]n(-c2ccc(Cl)c(Cl)c2)c(=O)c1Br. The summed E-state index contributed by atoms with van der Waals surface area (Å²) in [7, 11) is 0. The Morgan fingerprint density at radius 3 is 2.59 bits per heavy atom. The standard InChI is InChI=1S/C11H9BrCl2N2O/c1-2-9-10(12)11(17)16(15-9)6-3-4-7(13)8(14)5-6/h3-5,15H,2H2,1H3. The van der Waals surface area contributed by atoms with Gasteiger partial charge in [-0.25, -0.2) is 4.68 Å². The number of hydrogen-bond donors (Lipinski definition) is 1. The van der Waals surface area contributed by atoms with Gasteiger partial charge in [-0.15, -0.1) is 0 Å². The molecule has 1 N–H and O–H groups in total. The van der Waals surface area contributed by atoms with Crippen LogP contribution in [0.1, 0.15) is 12.6 Å². The van der Waals surface area contributed by atoms with Crippen molar-refractivity contribution in [2.24, 2.45) is 0 Å². The van der Waals surface area contributed by atoms with Gasteiger partial charge in [0.1, 0.15) is 4.47 Å². The number of benzene rings is 1. The molecule has 0 aliphatic carbocycles. The number of rotatable bonds is 2. The van der Waals surface area contributed by atoms with Crippen LogP contribution in [0, 0.1) is 0 Å². The van der Waals surface area contributed by atoms with Crippen LogP contribution in [0.3, 0.4) is 0 Å². The summed E-state index contributed by atoms with van der Waals surface area (Å²) in [6, 6.07) is 5.04. The molecule has 0 aliphatic heterocycles. The van der Waals surface area contributed by atoms with E-state index in [0.29, 0.717) is 20.2 Å². The molecule has 0 unspecified atom stereocenters. The molecule has 3 nitrogen and oxygen atoms in total. The van der Waals surface area contributed by atoms with Gasteiger partial charge in [-0.05, 0) is 40.5 Å². The van der Waals surface area contributed by atoms with Crippen molar-refractivity contribution >= 4 is 39.1 Å². The lowest BCUT2D eigenvalue weighted by Gasteiger charge is -2.03. The second-order valence-corrected chi connectivity index (χ2v) is 5.10. The van der Waals surface area contributed by atoms with Crippen LogP contribution in [0.25, 0.3) is 5.69 Å². The molecule has 0 saturated carbocycles. The van der Waals surface area contributed by atoms with Crippen LogP contribution < -0.4 is 5.56 Å². The number of hydrogen-bond acceptors (Lipinski definition) is 1. The van der Waals surface area contributed by atoms with Gasteiger partial charge in [0.15, 0.2) is 0 Å². The number of aryl methyl sites for hydroxylation is 1. The van der Waals surface area contributed by atoms with E-state index in [0.717, 1.165) is 12.1 Å². The summed E-state index contributed by atoms with van der Waals surface area (Å²) in [4.78, 5) is 12.0. The Morgan fingerprint density at radius 1 is 1.35 bits per heavy atom. The molecule has 1 aromatic carbocycles. The number of halogens is 3. The molecule has 0 amide bonds. The summed E-state index contributed by atoms with van der Waals surface area (Å²) in [5.74, 6) is 0. The van der Waals surface area contributed by atoms with Gasteiger partial charge in [0.2, 0.25) is 0 Å². The van der Waals surface area contributed by atoms with Crippen molar-refractivity contribution < 1.29 is 0 Å². The summed E-state index contributed by atoms with van der Waals surface area (Å²) in [6.07, 6.45) is 0.740. The van der Waals surface area contributed by atoms with E-state index in [1.54, 1.807) is 18.2 Å². The van der Waals surface area contributed by atoms with Gasteiger partial charge in [-0.3, -0.25) is 9.89 Å². The highest BCUT2D eigenvalue weighted by Crippen LogP contribution is 2.24. The molecule has 90 valence electrons. The van der Waals surface area contributed by atoms with Gasteiger partial charge in [0, 0.05) is 0 Å². The molecule has 17 heavy (non-hydrogen) atoms. The summed E-state index contributed by atoms with van der Waals surface area (Å²) in [5.41, 5.74) is 1.37. The third-order valence-corrected chi connectivity index (χ3v) is 3.97. The normalized spacial score (nSPS) is 10.8. The molecule has 2 rings (SSSR count). The summed E-state index contributed by atoms with van der Waals surface area (Å²) in [5, 5.41) is 3.90. The zero-order valence-corrected chi connectivity index (χ0v) is 12.0. The largest absolute Gasteiger partial charge is 0.294 e. The molecule has 0 atom stereocenters. The van der Waals surface area contributed by atoms with Gasteiger partial charge in [-0.2, -0.15) is 0 Å². The lowest BCUT2D eigenvalue weighted by molar-refractivity contribution is 0.819. The average molecular weight is 336 g/mol. The maximum Gasteiger partial charge on any atom is 0.285 e. The molecule has 0 fully saturated rings. The van der Waals surface area contributed by atoms with Crippen LogP contribution in [-0.2, 0) is 6.42 Å². The quantitative estimate of drug-likeness (QED) is 0.890. The van der Waals surface area contributed by atoms with Crippen LogP contribution in [-0.4, -0.2) is 9.78 Å². The maximum atomic E-state index is 12.0. The van der Waals surface area contributed by atoms with Crippen LogP contribution in [0.15, 0.2) is 27.5 Å². The van der Waals surface area contributed by atoms with E-state index in [9.17, 15) is 4.79 Å². The summed E-state index contributed by atoms with van der Waals surface area (Å²) >= 11 is 15.0. The predicted molar refractivity (Wildman–Crippen MR) is 73.5 cm³/mol. The number of aromatic nitrogens is 2. The second-order valence-electron chi connectivity index (χ2n) is 3.50. The van der Waals surface area contributed by atoms with E-state index in [2.05, 4.69) is 21.0 Å². The van der Waals surface area contributed by atoms with Crippen LogP contribution in [0.4, 0.5) is 0 Å². The molecule has 1 heterocycles. The Balaban J connectivity index is 2.61. The molecule has 0 bridgehead atoms. The Kier molecular flexibility index (Phi) is 3.66. The first-order valence-corrected chi connectivity index (χ1v) is 6.54. The smallest absolute Gasteiger partial charge is 0.285 e. The lowest BCUT2D eigenvalue weighted by atomic mass is 10.3. The fourth-order valence-corrected chi connectivity index (χ4v) is 2.34. The fourth-order valence-electron chi connectivity index (χ4n) is 1.50. The molecule has 1 aromatic heterocycles. The number of aromatic amines is 1. The molecule has 0 saturated heterocycles. The molecular formula is C11H9BrCl2N2O. The van der Waals surface area contributed by atoms with Crippen LogP contribution in [0.5, 0.6) is 0 Å². The van der Waals surface area contributed by atoms with E-state index >= 15 is 0 Å². The third-order valence-electron chi connectivity index (χ3n) is 2.42. The van der Waals surface area contributed by atoms with E-state index in [-0.39, 0.29) is 5.56 Å². The van der Waals surface area contributed by atoms with Gasteiger partial charge < -0.3 is 0 Å². The molecule has 6 heteroatoms. The monoisotopic (exact) mass is 334 g/mol. The molecular weight excluding hydrogens is 327 g/mol. The predicted octanol–water partition coefficient (Wildman–Crippen LogP) is 3.80. The Bertz CT molecular complexity index is 618. The number of nitrogens with zero attached hydrogens (tertiary/aromatic N) is 1. The topological polar surface area (TPSA) is 37.8 Å². The highest BCUT2D eigenvalue weighted by atomic mass is 79.9. The maximum absolute atomic E-state index is 12.0. The Hall–Kier alpha value is -0.710. The van der Waals surface area contributed by atoms with Gasteiger partial charge in [-0.1, -0.05) is 30.1 Å². The van der Waals surface area contributed by atoms with Gasteiger partial charge in [0.05, 0.1) is 21.4 Å². The summed E-state index contributed by atoms with van der Waals surface area (Å²) < 4.78 is 1.98. The zero-order chi connectivity index (χ0) is 12.6. The van der Waals surface area contributed by atoms with Crippen molar-refractivity contribution in [3.05, 3.63) is 48.8 Å². The van der Waals surface area contributed by atoms with Crippen LogP contribution >= 0.6 is 39.1 Å². The van der Waals surface area contributed by atoms with Crippen molar-refractivity contribution in [1.82, 2.24) is 9.78 Å². The van der Waals surface area contributed by atoms with E-state index < -0.39 is 0 Å². The highest BCUT2D eigenvalue weighted by molar-refractivity contribution is 9.10. The lowest BCUT2D eigenvalue weighted by Crippen LogP contribution is -2.14. The van der Waals surface area contributed by atoms with Crippen LogP contribution in [0.2, 0.25) is 10.0 Å². The minimum absolute atomic E-state index is 0.139. The number of nitrogens with one attached hydrogen (secondary N) is 1. The van der Waals surface area contributed by atoms with Crippen molar-refractivity contribution in [3.63, 3.8) is 0 Å². The van der Waals surface area contributed by atoms with E-state index in [1.807, 2.05) is 6.92 Å². The molecule has 0 radical (unpaired) electrons. The Labute approximate surface area is 116 Å². The molecule has 2 aromatic rings. The minimum Gasteiger partial charge on any atom is -0.294 e. The highest BCUT2D eigenvalue weighted by Gasteiger charge is 2.12. The average Bonchev–Trinajstić information content (AvgIpc) is 2.60. The molecule has 0 aliphatic rings. The van der Waals surface area contributed by atoms with Crippen molar-refractivity contribution in [2.75, 3.05) is 0 Å². The molecule has 0 spiro atoms.